The van der Waals surface area contributed by atoms with Gasteiger partial charge in [0.15, 0.2) is 0 Å². The van der Waals surface area contributed by atoms with E-state index in [1.807, 2.05) is 19.0 Å². The van der Waals surface area contributed by atoms with Crippen LogP contribution < -0.4 is 0 Å². The molecule has 0 aliphatic heterocycles. The molecule has 0 aromatic rings. The van der Waals surface area contributed by atoms with Gasteiger partial charge in [0, 0.05) is 28.3 Å². The maximum atomic E-state index is 8.68. The first-order valence-corrected chi connectivity index (χ1v) is 2.45. The number of hydrogen-bond acceptors (Lipinski definition) is 2. The van der Waals surface area contributed by atoms with Crippen LogP contribution in [0.15, 0.2) is 0 Å². The molecule has 0 aliphatic rings. The summed E-state index contributed by atoms with van der Waals surface area (Å²) >= 11 is 0. The summed E-state index contributed by atoms with van der Waals surface area (Å²) in [6.45, 7) is 2.53. The molecule has 1 unspecified atom stereocenters. The fourth-order valence-corrected chi connectivity index (χ4v) is 0.528. The first-order valence-electron chi connectivity index (χ1n) is 2.45. The summed E-state index contributed by atoms with van der Waals surface area (Å²) in [7, 11) is 3.87. The molecule has 8 heavy (non-hydrogen) atoms. The van der Waals surface area contributed by atoms with E-state index in [1.54, 1.807) is 6.92 Å². The summed E-state index contributed by atoms with van der Waals surface area (Å²) in [5, 5.41) is 8.68. The van der Waals surface area contributed by atoms with Crippen LogP contribution in [0.3, 0.4) is 0 Å². The van der Waals surface area contributed by atoms with Crippen LogP contribution in [0.5, 0.6) is 0 Å². The van der Waals surface area contributed by atoms with E-state index < -0.39 is 0 Å². The van der Waals surface area contributed by atoms with Gasteiger partial charge in [0.2, 0.25) is 0 Å². The second-order valence-electron chi connectivity index (χ2n) is 2.11. The summed E-state index contributed by atoms with van der Waals surface area (Å²) in [6, 6.07) is 0. The standard InChI is InChI=1S/C5H13NO.Ti/c1-5(7)4-6(2)3;/h5,7H,4H2,1-3H3;. The van der Waals surface area contributed by atoms with Gasteiger partial charge in [0.25, 0.3) is 0 Å². The van der Waals surface area contributed by atoms with E-state index in [2.05, 4.69) is 0 Å². The Kier molecular flexibility index (Phi) is 8.24. The van der Waals surface area contributed by atoms with Gasteiger partial charge in [-0.15, -0.1) is 0 Å². The van der Waals surface area contributed by atoms with Crippen molar-refractivity contribution in [3.63, 3.8) is 0 Å². The minimum Gasteiger partial charge on any atom is -0.392 e. The molecule has 1 N–H and O–H groups in total. The van der Waals surface area contributed by atoms with Crippen LogP contribution in [-0.4, -0.2) is 36.8 Å². The molecule has 0 radical (unpaired) electrons. The zero-order valence-corrected chi connectivity index (χ0v) is 7.24. The van der Waals surface area contributed by atoms with E-state index in [4.69, 9.17) is 5.11 Å². The molecule has 0 heterocycles. The number of aliphatic hydroxyl groups is 1. The van der Waals surface area contributed by atoms with Gasteiger partial charge in [-0.05, 0) is 21.0 Å². The molecule has 0 aliphatic carbocycles. The SMILES string of the molecule is CC(O)CN(C)C.[Ti]. The van der Waals surface area contributed by atoms with Gasteiger partial charge in [0.1, 0.15) is 0 Å². The van der Waals surface area contributed by atoms with Gasteiger partial charge in [-0.25, -0.2) is 0 Å². The third-order valence-electron chi connectivity index (χ3n) is 0.629. The molecule has 2 nitrogen and oxygen atoms in total. The molecule has 0 aromatic heterocycles. The maximum absolute atomic E-state index is 8.68. The van der Waals surface area contributed by atoms with Crippen molar-refractivity contribution in [3.8, 4) is 0 Å². The Labute approximate surface area is 65.8 Å². The third kappa shape index (κ3) is 9.81. The molecule has 1 atom stereocenters. The zero-order chi connectivity index (χ0) is 5.86. The van der Waals surface area contributed by atoms with Crippen LogP contribution >= 0.6 is 0 Å². The molecule has 0 bridgehead atoms. The first-order chi connectivity index (χ1) is 3.13. The van der Waals surface area contributed by atoms with Crippen molar-refractivity contribution in [1.82, 2.24) is 4.90 Å². The Morgan fingerprint density at radius 1 is 1.50 bits per heavy atom. The predicted molar refractivity (Wildman–Crippen MR) is 30.2 cm³/mol. The predicted octanol–water partition coefficient (Wildman–Crippen LogP) is -0.0737. The van der Waals surface area contributed by atoms with Crippen LogP contribution in [0.2, 0.25) is 0 Å². The molecule has 0 saturated carbocycles. The largest absolute Gasteiger partial charge is 0.392 e. The zero-order valence-electron chi connectivity index (χ0n) is 5.68. The fraction of sp³-hybridized carbons (Fsp3) is 1.00. The maximum Gasteiger partial charge on any atom is 0.0638 e. The molecule has 0 rings (SSSR count). The molecule has 0 aromatic carbocycles. The summed E-state index contributed by atoms with van der Waals surface area (Å²) < 4.78 is 0. The van der Waals surface area contributed by atoms with Gasteiger partial charge in [0.05, 0.1) is 6.10 Å². The second-order valence-corrected chi connectivity index (χ2v) is 2.11. The number of rotatable bonds is 2. The Bertz CT molecular complexity index is 41.7. The van der Waals surface area contributed by atoms with Gasteiger partial charge < -0.3 is 10.0 Å². The summed E-state index contributed by atoms with van der Waals surface area (Å²) in [6.07, 6.45) is -0.199. The van der Waals surface area contributed by atoms with Crippen LogP contribution in [0.4, 0.5) is 0 Å². The van der Waals surface area contributed by atoms with E-state index in [1.165, 1.54) is 0 Å². The molecule has 48 valence electrons. The Balaban J connectivity index is 0. The normalized spacial score (nSPS) is 13.1. The van der Waals surface area contributed by atoms with Crippen molar-refractivity contribution >= 4 is 0 Å². The van der Waals surface area contributed by atoms with E-state index in [0.717, 1.165) is 6.54 Å². The minimum absolute atomic E-state index is 0. The number of aliphatic hydroxyl groups excluding tert-OH is 1. The second kappa shape index (κ2) is 5.77. The molecular weight excluding hydrogens is 138 g/mol. The fourth-order valence-electron chi connectivity index (χ4n) is 0.528. The average Bonchev–Trinajstić information content (AvgIpc) is 1.27. The van der Waals surface area contributed by atoms with E-state index >= 15 is 0 Å². The number of likely N-dealkylation sites (N-methyl/N-ethyl adjacent to an activating group) is 1. The Morgan fingerprint density at radius 2 is 1.88 bits per heavy atom. The van der Waals surface area contributed by atoms with E-state index in [0.29, 0.717) is 0 Å². The van der Waals surface area contributed by atoms with Crippen molar-refractivity contribution < 1.29 is 26.8 Å². The topological polar surface area (TPSA) is 23.5 Å². The van der Waals surface area contributed by atoms with Crippen molar-refractivity contribution in [2.45, 2.75) is 13.0 Å². The molecule has 0 amide bonds. The van der Waals surface area contributed by atoms with Gasteiger partial charge in [-0.2, -0.15) is 0 Å². The van der Waals surface area contributed by atoms with Gasteiger partial charge in [-0.1, -0.05) is 0 Å². The molecule has 0 spiro atoms. The third-order valence-corrected chi connectivity index (χ3v) is 0.629. The monoisotopic (exact) mass is 151 g/mol. The van der Waals surface area contributed by atoms with Crippen molar-refractivity contribution in [1.29, 1.82) is 0 Å². The molecule has 3 heteroatoms. The summed E-state index contributed by atoms with van der Waals surface area (Å²) in [5.74, 6) is 0. The van der Waals surface area contributed by atoms with Crippen LogP contribution in [0, 0.1) is 0 Å². The van der Waals surface area contributed by atoms with Crippen molar-refractivity contribution in [3.05, 3.63) is 0 Å². The Hall–Kier alpha value is 0.634. The molecule has 0 saturated heterocycles. The van der Waals surface area contributed by atoms with Gasteiger partial charge in [-0.3, -0.25) is 0 Å². The van der Waals surface area contributed by atoms with E-state index in [-0.39, 0.29) is 27.8 Å². The molecule has 0 fully saturated rings. The van der Waals surface area contributed by atoms with Crippen LogP contribution in [0.25, 0.3) is 0 Å². The summed E-state index contributed by atoms with van der Waals surface area (Å²) in [5.41, 5.74) is 0. The minimum atomic E-state index is -0.199. The smallest absolute Gasteiger partial charge is 0.0638 e. The van der Waals surface area contributed by atoms with Crippen LogP contribution in [0.1, 0.15) is 6.92 Å². The van der Waals surface area contributed by atoms with Crippen molar-refractivity contribution in [2.24, 2.45) is 0 Å². The number of nitrogens with zero attached hydrogens (tertiary/aromatic N) is 1. The number of hydrogen-bond donors (Lipinski definition) is 1. The van der Waals surface area contributed by atoms with Crippen molar-refractivity contribution in [2.75, 3.05) is 20.6 Å². The molecular formula is C5H13NOTi. The Morgan fingerprint density at radius 3 is 1.88 bits per heavy atom. The summed E-state index contributed by atoms with van der Waals surface area (Å²) in [4.78, 5) is 1.95. The average molecular weight is 151 g/mol. The first kappa shape index (κ1) is 11.4. The van der Waals surface area contributed by atoms with Crippen LogP contribution in [-0.2, 0) is 21.7 Å². The van der Waals surface area contributed by atoms with Gasteiger partial charge >= 0.3 is 0 Å². The quantitative estimate of drug-likeness (QED) is 0.558. The van der Waals surface area contributed by atoms with E-state index in [9.17, 15) is 0 Å².